The molecule has 6 heteroatoms. The van der Waals surface area contributed by atoms with Gasteiger partial charge in [0.25, 0.3) is 0 Å². The quantitative estimate of drug-likeness (QED) is 0.347. The van der Waals surface area contributed by atoms with Gasteiger partial charge in [-0.25, -0.2) is 5.84 Å². The molecular weight excluding hydrogens is 280 g/mol. The summed E-state index contributed by atoms with van der Waals surface area (Å²) < 4.78 is 0. The molecule has 0 unspecified atom stereocenters. The molecular formula is C16H18N4O2. The Bertz CT molecular complexity index is 703. The lowest BCUT2D eigenvalue weighted by Crippen LogP contribution is -2.53. The van der Waals surface area contributed by atoms with E-state index in [0.29, 0.717) is 26.2 Å². The van der Waals surface area contributed by atoms with Crippen molar-refractivity contribution in [2.45, 2.75) is 0 Å². The molecule has 2 aromatic rings. The minimum Gasteiger partial charge on any atom is -0.367 e. The maximum absolute atomic E-state index is 11.8. The molecule has 0 atom stereocenters. The Morgan fingerprint density at radius 3 is 2.36 bits per heavy atom. The van der Waals surface area contributed by atoms with Crippen LogP contribution in [0.3, 0.4) is 0 Å². The molecule has 1 aliphatic rings. The number of hydrogen-bond acceptors (Lipinski definition) is 4. The highest BCUT2D eigenvalue weighted by atomic mass is 16.2. The molecule has 2 aromatic carbocycles. The molecule has 0 saturated carbocycles. The topological polar surface area (TPSA) is 78.7 Å². The summed E-state index contributed by atoms with van der Waals surface area (Å²) in [6.07, 6.45) is 0. The second-order valence-corrected chi connectivity index (χ2v) is 5.25. The number of amides is 2. The van der Waals surface area contributed by atoms with Gasteiger partial charge in [0.15, 0.2) is 0 Å². The van der Waals surface area contributed by atoms with Gasteiger partial charge in [-0.05, 0) is 11.5 Å². The number of hydrogen-bond donors (Lipinski definition) is 2. The van der Waals surface area contributed by atoms with Gasteiger partial charge in [0.2, 0.25) is 0 Å². The highest BCUT2D eigenvalue weighted by molar-refractivity contribution is 6.34. The van der Waals surface area contributed by atoms with Crippen LogP contribution in [0.15, 0.2) is 42.5 Å². The van der Waals surface area contributed by atoms with Crippen molar-refractivity contribution in [2.24, 2.45) is 5.84 Å². The first-order chi connectivity index (χ1) is 10.7. The van der Waals surface area contributed by atoms with E-state index in [9.17, 15) is 9.59 Å². The molecule has 0 spiro atoms. The molecule has 0 radical (unpaired) electrons. The molecule has 6 nitrogen and oxygen atoms in total. The van der Waals surface area contributed by atoms with Crippen LogP contribution in [0.1, 0.15) is 0 Å². The van der Waals surface area contributed by atoms with E-state index < -0.39 is 11.8 Å². The lowest BCUT2D eigenvalue weighted by Gasteiger charge is -2.36. The van der Waals surface area contributed by atoms with Gasteiger partial charge in [0.05, 0.1) is 0 Å². The number of hydrazine groups is 1. The summed E-state index contributed by atoms with van der Waals surface area (Å²) in [5, 5.41) is 2.39. The van der Waals surface area contributed by atoms with E-state index in [-0.39, 0.29) is 0 Å². The SMILES string of the molecule is NNC(=O)C(=O)N1CCN(c2cccc3ccccc23)CC1. The van der Waals surface area contributed by atoms with Gasteiger partial charge < -0.3 is 9.80 Å². The largest absolute Gasteiger partial charge is 0.367 e. The lowest BCUT2D eigenvalue weighted by atomic mass is 10.1. The Morgan fingerprint density at radius 1 is 0.955 bits per heavy atom. The normalized spacial score (nSPS) is 15.0. The maximum atomic E-state index is 11.8. The van der Waals surface area contributed by atoms with Crippen molar-refractivity contribution in [1.29, 1.82) is 0 Å². The summed E-state index contributed by atoms with van der Waals surface area (Å²) in [5.41, 5.74) is 3.05. The van der Waals surface area contributed by atoms with E-state index in [2.05, 4.69) is 29.2 Å². The van der Waals surface area contributed by atoms with Crippen LogP contribution in [-0.2, 0) is 9.59 Å². The molecule has 0 bridgehead atoms. The van der Waals surface area contributed by atoms with Gasteiger partial charge in [-0.2, -0.15) is 0 Å². The molecule has 2 amide bonds. The second-order valence-electron chi connectivity index (χ2n) is 5.25. The molecule has 0 aromatic heterocycles. The Balaban J connectivity index is 1.76. The summed E-state index contributed by atoms with van der Waals surface area (Å²) >= 11 is 0. The third-order valence-electron chi connectivity index (χ3n) is 4.00. The predicted octanol–water partition coefficient (Wildman–Crippen LogP) is 0.478. The first kappa shape index (κ1) is 14.3. The third kappa shape index (κ3) is 2.60. The summed E-state index contributed by atoms with van der Waals surface area (Å²) in [6.45, 7) is 2.40. The lowest BCUT2D eigenvalue weighted by molar-refractivity contribution is -0.146. The van der Waals surface area contributed by atoms with Crippen molar-refractivity contribution in [3.63, 3.8) is 0 Å². The number of anilines is 1. The number of carbonyl (C=O) groups is 2. The Hall–Kier alpha value is -2.60. The van der Waals surface area contributed by atoms with E-state index in [1.807, 2.05) is 23.6 Å². The van der Waals surface area contributed by atoms with Gasteiger partial charge in [-0.15, -0.1) is 0 Å². The number of fused-ring (bicyclic) bond motifs is 1. The van der Waals surface area contributed by atoms with Crippen LogP contribution in [0.25, 0.3) is 10.8 Å². The van der Waals surface area contributed by atoms with E-state index in [1.54, 1.807) is 0 Å². The van der Waals surface area contributed by atoms with Crippen molar-refractivity contribution < 1.29 is 9.59 Å². The number of carbonyl (C=O) groups excluding carboxylic acids is 2. The minimum absolute atomic E-state index is 0.509. The Morgan fingerprint density at radius 2 is 1.64 bits per heavy atom. The highest BCUT2D eigenvalue weighted by Crippen LogP contribution is 2.27. The maximum Gasteiger partial charge on any atom is 0.323 e. The molecule has 114 valence electrons. The zero-order valence-electron chi connectivity index (χ0n) is 12.2. The average molecular weight is 298 g/mol. The van der Waals surface area contributed by atoms with Crippen molar-refractivity contribution in [3.05, 3.63) is 42.5 Å². The highest BCUT2D eigenvalue weighted by Gasteiger charge is 2.25. The van der Waals surface area contributed by atoms with Crippen molar-refractivity contribution in [3.8, 4) is 0 Å². The Labute approximate surface area is 128 Å². The zero-order chi connectivity index (χ0) is 15.5. The number of piperazine rings is 1. The summed E-state index contributed by atoms with van der Waals surface area (Å²) in [7, 11) is 0. The van der Waals surface area contributed by atoms with Crippen LogP contribution < -0.4 is 16.2 Å². The van der Waals surface area contributed by atoms with Gasteiger partial charge in [0, 0.05) is 37.3 Å². The van der Waals surface area contributed by atoms with Gasteiger partial charge in [0.1, 0.15) is 0 Å². The molecule has 1 saturated heterocycles. The van der Waals surface area contributed by atoms with Crippen molar-refractivity contribution in [1.82, 2.24) is 10.3 Å². The predicted molar refractivity (Wildman–Crippen MR) is 85.1 cm³/mol. The van der Waals surface area contributed by atoms with Crippen molar-refractivity contribution >= 4 is 28.3 Å². The fourth-order valence-corrected chi connectivity index (χ4v) is 2.84. The first-order valence-corrected chi connectivity index (χ1v) is 7.23. The number of benzene rings is 2. The molecule has 22 heavy (non-hydrogen) atoms. The fourth-order valence-electron chi connectivity index (χ4n) is 2.84. The van der Waals surface area contributed by atoms with E-state index in [4.69, 9.17) is 5.84 Å². The number of rotatable bonds is 1. The fraction of sp³-hybridized carbons (Fsp3) is 0.250. The van der Waals surface area contributed by atoms with Crippen LogP contribution >= 0.6 is 0 Å². The van der Waals surface area contributed by atoms with E-state index in [0.717, 1.165) is 5.69 Å². The van der Waals surface area contributed by atoms with Gasteiger partial charge >= 0.3 is 11.8 Å². The number of nitrogens with zero attached hydrogens (tertiary/aromatic N) is 2. The van der Waals surface area contributed by atoms with E-state index >= 15 is 0 Å². The number of nitrogens with one attached hydrogen (secondary N) is 1. The molecule has 0 aliphatic carbocycles. The molecule has 3 N–H and O–H groups in total. The third-order valence-corrected chi connectivity index (χ3v) is 4.00. The first-order valence-electron chi connectivity index (χ1n) is 7.23. The smallest absolute Gasteiger partial charge is 0.323 e. The Kier molecular flexibility index (Phi) is 3.93. The molecule has 1 fully saturated rings. The molecule has 1 aliphatic heterocycles. The van der Waals surface area contributed by atoms with Crippen LogP contribution in [0.5, 0.6) is 0 Å². The zero-order valence-corrected chi connectivity index (χ0v) is 12.2. The van der Waals surface area contributed by atoms with Crippen LogP contribution in [-0.4, -0.2) is 42.9 Å². The summed E-state index contributed by atoms with van der Waals surface area (Å²) in [6, 6.07) is 14.5. The van der Waals surface area contributed by atoms with Crippen molar-refractivity contribution in [2.75, 3.05) is 31.1 Å². The van der Waals surface area contributed by atoms with Gasteiger partial charge in [-0.1, -0.05) is 36.4 Å². The standard InChI is InChI=1S/C16H18N4O2/c17-18-15(21)16(22)20-10-8-19(9-11-20)14-7-3-5-12-4-1-2-6-13(12)14/h1-7H,8-11,17H2,(H,18,21). The minimum atomic E-state index is -0.765. The van der Waals surface area contributed by atoms with Crippen LogP contribution in [0.4, 0.5) is 5.69 Å². The second kappa shape index (κ2) is 6.03. The van der Waals surface area contributed by atoms with Crippen LogP contribution in [0, 0.1) is 0 Å². The molecule has 1 heterocycles. The van der Waals surface area contributed by atoms with Gasteiger partial charge in [-0.3, -0.25) is 15.0 Å². The van der Waals surface area contributed by atoms with Crippen LogP contribution in [0.2, 0.25) is 0 Å². The van der Waals surface area contributed by atoms with E-state index in [1.165, 1.54) is 15.7 Å². The average Bonchev–Trinajstić information content (AvgIpc) is 2.60. The summed E-state index contributed by atoms with van der Waals surface area (Å²) in [4.78, 5) is 26.9. The summed E-state index contributed by atoms with van der Waals surface area (Å²) in [5.74, 6) is 3.67. The monoisotopic (exact) mass is 298 g/mol. The number of nitrogens with two attached hydrogens (primary N) is 1. The molecule has 3 rings (SSSR count).